The molecule has 1 aromatic heterocycles. The number of hydrogen-bond donors (Lipinski definition) is 2. The fraction of sp³-hybridized carbons (Fsp3) is 0.269. The van der Waals surface area contributed by atoms with Gasteiger partial charge in [-0.2, -0.15) is 0 Å². The van der Waals surface area contributed by atoms with Crippen molar-refractivity contribution in [1.82, 2.24) is 14.9 Å². The standard InChI is InChI=1S/C26H22BrClFN5O/c1-34-13-17-12-26(17,14-34)8-7-16-10-22-18(11-21(16)32-23(35)6-3-9-27)25(31-15-30-22)33-20-5-2-4-19(28)24(20)29/h2-6,10-11,15,17H,9,12-14H2,1H3,(H,32,35)(H,30,31,33)/b6-3+/t17-,26+/m0/s1. The van der Waals surface area contributed by atoms with Crippen LogP contribution in [0.4, 0.5) is 21.6 Å². The third-order valence-electron chi connectivity index (χ3n) is 6.36. The Morgan fingerprint density at radius 2 is 2.23 bits per heavy atom. The normalized spacial score (nSPS) is 21.0. The highest BCUT2D eigenvalue weighted by Gasteiger charge is 2.58. The quantitative estimate of drug-likeness (QED) is 0.253. The molecule has 178 valence electrons. The van der Waals surface area contributed by atoms with Crippen LogP contribution in [-0.4, -0.2) is 46.2 Å². The summed E-state index contributed by atoms with van der Waals surface area (Å²) in [6, 6.07) is 8.31. The number of fused-ring (bicyclic) bond motifs is 2. The van der Waals surface area contributed by atoms with E-state index in [4.69, 9.17) is 11.6 Å². The molecular weight excluding hydrogens is 533 g/mol. The molecule has 3 aromatic rings. The number of hydrogen-bond acceptors (Lipinski definition) is 5. The number of likely N-dealkylation sites (tertiary alicyclic amines) is 1. The summed E-state index contributed by atoms with van der Waals surface area (Å²) in [4.78, 5) is 23.5. The van der Waals surface area contributed by atoms with Gasteiger partial charge >= 0.3 is 0 Å². The fourth-order valence-electron chi connectivity index (χ4n) is 4.58. The van der Waals surface area contributed by atoms with Gasteiger partial charge in [0.1, 0.15) is 12.1 Å². The lowest BCUT2D eigenvalue weighted by Crippen LogP contribution is -2.19. The van der Waals surface area contributed by atoms with E-state index in [9.17, 15) is 9.18 Å². The molecule has 0 bridgehead atoms. The number of benzene rings is 2. The lowest BCUT2D eigenvalue weighted by Gasteiger charge is -2.13. The molecule has 2 aromatic carbocycles. The second-order valence-electron chi connectivity index (χ2n) is 8.91. The first-order valence-corrected chi connectivity index (χ1v) is 12.6. The zero-order valence-electron chi connectivity index (χ0n) is 18.9. The third-order valence-corrected chi connectivity index (χ3v) is 7.02. The molecular formula is C26H22BrClFN5O. The molecule has 1 saturated carbocycles. The van der Waals surface area contributed by atoms with Crippen LogP contribution in [0.3, 0.4) is 0 Å². The number of carbonyl (C=O) groups excluding carboxylic acids is 1. The van der Waals surface area contributed by atoms with E-state index in [-0.39, 0.29) is 22.0 Å². The third kappa shape index (κ3) is 4.90. The first-order chi connectivity index (χ1) is 16.9. The number of nitrogens with one attached hydrogen (secondary N) is 2. The van der Waals surface area contributed by atoms with Gasteiger partial charge in [0.05, 0.1) is 27.5 Å². The first-order valence-electron chi connectivity index (χ1n) is 11.1. The van der Waals surface area contributed by atoms with E-state index in [1.807, 2.05) is 6.07 Å². The average molecular weight is 555 g/mol. The minimum Gasteiger partial charge on any atom is -0.337 e. The van der Waals surface area contributed by atoms with Crippen LogP contribution < -0.4 is 10.6 Å². The highest BCUT2D eigenvalue weighted by Crippen LogP contribution is 2.56. The maximum absolute atomic E-state index is 14.5. The highest BCUT2D eigenvalue weighted by molar-refractivity contribution is 9.09. The molecule has 9 heteroatoms. The van der Waals surface area contributed by atoms with Crippen LogP contribution in [0.1, 0.15) is 12.0 Å². The summed E-state index contributed by atoms with van der Waals surface area (Å²) >= 11 is 9.21. The second-order valence-corrected chi connectivity index (χ2v) is 9.97. The monoisotopic (exact) mass is 553 g/mol. The SMILES string of the molecule is CN1C[C@@H]2C[C@]2(C#Cc2cc3ncnc(Nc4cccc(Cl)c4F)c3cc2NC(=O)/C=C/CBr)C1. The number of carbonyl (C=O) groups is 1. The molecule has 1 amide bonds. The van der Waals surface area contributed by atoms with Crippen molar-refractivity contribution in [3.05, 3.63) is 65.2 Å². The lowest BCUT2D eigenvalue weighted by molar-refractivity contribution is -0.111. The van der Waals surface area contributed by atoms with Crippen LogP contribution in [0.2, 0.25) is 5.02 Å². The Balaban J connectivity index is 1.56. The Morgan fingerprint density at radius 3 is 3.00 bits per heavy atom. The zero-order chi connectivity index (χ0) is 24.6. The van der Waals surface area contributed by atoms with Gasteiger partial charge in [0.2, 0.25) is 5.91 Å². The van der Waals surface area contributed by atoms with E-state index in [1.165, 1.54) is 18.5 Å². The van der Waals surface area contributed by atoms with Crippen LogP contribution in [0.15, 0.2) is 48.8 Å². The van der Waals surface area contributed by atoms with Crippen molar-refractivity contribution in [2.75, 3.05) is 36.1 Å². The highest BCUT2D eigenvalue weighted by atomic mass is 79.9. The van der Waals surface area contributed by atoms with Gasteiger partial charge in [-0.25, -0.2) is 14.4 Å². The molecule has 0 radical (unpaired) electrons. The summed E-state index contributed by atoms with van der Waals surface area (Å²) in [5.41, 5.74) is 2.06. The van der Waals surface area contributed by atoms with Gasteiger partial charge in [-0.1, -0.05) is 51.5 Å². The summed E-state index contributed by atoms with van der Waals surface area (Å²) in [6.07, 6.45) is 5.68. The Bertz CT molecular complexity index is 1420. The van der Waals surface area contributed by atoms with Gasteiger partial charge in [0.25, 0.3) is 0 Å². The Morgan fingerprint density at radius 1 is 1.37 bits per heavy atom. The van der Waals surface area contributed by atoms with Crippen molar-refractivity contribution in [1.29, 1.82) is 0 Å². The summed E-state index contributed by atoms with van der Waals surface area (Å²) in [5, 5.41) is 7.10. The van der Waals surface area contributed by atoms with E-state index in [2.05, 4.69) is 60.3 Å². The Labute approximate surface area is 216 Å². The van der Waals surface area contributed by atoms with Crippen LogP contribution >= 0.6 is 27.5 Å². The largest absolute Gasteiger partial charge is 0.337 e. The van der Waals surface area contributed by atoms with Gasteiger partial charge in [-0.3, -0.25) is 4.79 Å². The topological polar surface area (TPSA) is 70.2 Å². The number of alkyl halides is 1. The lowest BCUT2D eigenvalue weighted by atomic mass is 10.0. The van der Waals surface area contributed by atoms with Gasteiger partial charge in [0, 0.05) is 35.3 Å². The Hall–Kier alpha value is -2.99. The second kappa shape index (κ2) is 9.57. The van der Waals surface area contributed by atoms with Gasteiger partial charge in [0.15, 0.2) is 5.82 Å². The van der Waals surface area contributed by atoms with Crippen LogP contribution in [-0.2, 0) is 4.79 Å². The van der Waals surface area contributed by atoms with Gasteiger partial charge in [-0.15, -0.1) is 0 Å². The molecule has 0 spiro atoms. The zero-order valence-corrected chi connectivity index (χ0v) is 21.3. The number of piperidine rings is 1. The predicted molar refractivity (Wildman–Crippen MR) is 141 cm³/mol. The summed E-state index contributed by atoms with van der Waals surface area (Å²) < 4.78 is 14.5. The molecule has 2 N–H and O–H groups in total. The number of aromatic nitrogens is 2. The number of amides is 1. The van der Waals surface area contributed by atoms with Crippen molar-refractivity contribution >= 4 is 61.5 Å². The minimum absolute atomic E-state index is 0.00719. The van der Waals surface area contributed by atoms with Gasteiger partial charge < -0.3 is 15.5 Å². The van der Waals surface area contributed by atoms with E-state index in [0.29, 0.717) is 39.2 Å². The van der Waals surface area contributed by atoms with Crippen LogP contribution in [0, 0.1) is 29.0 Å². The van der Waals surface area contributed by atoms with E-state index >= 15 is 0 Å². The van der Waals surface area contributed by atoms with Crippen molar-refractivity contribution in [3.8, 4) is 11.8 Å². The van der Waals surface area contributed by atoms with Crippen molar-refractivity contribution < 1.29 is 9.18 Å². The van der Waals surface area contributed by atoms with Crippen molar-refractivity contribution in [3.63, 3.8) is 0 Å². The number of anilines is 3. The number of rotatable bonds is 5. The Kier molecular flexibility index (Phi) is 6.49. The summed E-state index contributed by atoms with van der Waals surface area (Å²) in [7, 11) is 2.11. The molecule has 1 saturated heterocycles. The molecule has 1 aliphatic heterocycles. The molecule has 2 heterocycles. The average Bonchev–Trinajstić information content (AvgIpc) is 3.40. The van der Waals surface area contributed by atoms with E-state index in [1.54, 1.807) is 24.3 Å². The number of halogens is 3. The van der Waals surface area contributed by atoms with Crippen LogP contribution in [0.25, 0.3) is 10.9 Å². The summed E-state index contributed by atoms with van der Waals surface area (Å²) in [6.45, 7) is 2.02. The maximum atomic E-state index is 14.5. The molecule has 6 nitrogen and oxygen atoms in total. The predicted octanol–water partition coefficient (Wildman–Crippen LogP) is 5.36. The van der Waals surface area contributed by atoms with E-state index < -0.39 is 5.82 Å². The smallest absolute Gasteiger partial charge is 0.248 e. The minimum atomic E-state index is -0.573. The number of allylic oxidation sites excluding steroid dienone is 1. The van der Waals surface area contributed by atoms with E-state index in [0.717, 1.165) is 19.5 Å². The number of nitrogens with zero attached hydrogens (tertiary/aromatic N) is 3. The molecule has 2 fully saturated rings. The first kappa shape index (κ1) is 23.7. The maximum Gasteiger partial charge on any atom is 0.248 e. The van der Waals surface area contributed by atoms with Crippen molar-refractivity contribution in [2.45, 2.75) is 6.42 Å². The van der Waals surface area contributed by atoms with Crippen LogP contribution in [0.5, 0.6) is 0 Å². The molecule has 1 aliphatic carbocycles. The molecule has 5 rings (SSSR count). The molecule has 0 unspecified atom stereocenters. The fourth-order valence-corrected chi connectivity index (χ4v) is 4.95. The summed E-state index contributed by atoms with van der Waals surface area (Å²) in [5.74, 6) is 6.93. The van der Waals surface area contributed by atoms with Crippen molar-refractivity contribution in [2.24, 2.45) is 11.3 Å². The van der Waals surface area contributed by atoms with Gasteiger partial charge in [-0.05, 0) is 43.7 Å². The molecule has 2 aliphatic rings. The molecule has 35 heavy (non-hydrogen) atoms. The molecule has 2 atom stereocenters.